The van der Waals surface area contributed by atoms with Crippen LogP contribution in [-0.2, 0) is 15.8 Å². The molecule has 24 heavy (non-hydrogen) atoms. The number of rotatable bonds is 9. The van der Waals surface area contributed by atoms with E-state index in [-0.39, 0.29) is 12.3 Å². The van der Waals surface area contributed by atoms with Crippen molar-refractivity contribution in [3.63, 3.8) is 0 Å². The molecular weight excluding hydrogens is 323 g/mol. The van der Waals surface area contributed by atoms with Crippen LogP contribution in [0.1, 0.15) is 56.1 Å². The van der Waals surface area contributed by atoms with Crippen molar-refractivity contribution in [2.45, 2.75) is 51.1 Å². The molecule has 1 unspecified atom stereocenters. The predicted octanol–water partition coefficient (Wildman–Crippen LogP) is 3.96. The van der Waals surface area contributed by atoms with Gasteiger partial charge in [0.15, 0.2) is 0 Å². The standard InChI is InChI=1S/C17H22F3NO3/c1-2-14(12-7-6-8-13(11-12)17(18,19)20)16(24)21-10-5-3-4-9-15(22)23/h6-8,11,14H,2-5,9-10H2,1H3,(H,21,24)(H,22,23). The molecule has 0 aliphatic heterocycles. The molecule has 1 atom stereocenters. The Morgan fingerprint density at radius 1 is 1.21 bits per heavy atom. The Kier molecular flexibility index (Phi) is 7.74. The van der Waals surface area contributed by atoms with Gasteiger partial charge in [-0.3, -0.25) is 9.59 Å². The number of carbonyl (C=O) groups excluding carboxylic acids is 1. The summed E-state index contributed by atoms with van der Waals surface area (Å²) in [6.45, 7) is 2.13. The monoisotopic (exact) mass is 345 g/mol. The minimum Gasteiger partial charge on any atom is -0.481 e. The molecule has 134 valence electrons. The average Bonchev–Trinajstić information content (AvgIpc) is 2.50. The molecule has 0 saturated carbocycles. The molecule has 7 heteroatoms. The predicted molar refractivity (Wildman–Crippen MR) is 83.6 cm³/mol. The van der Waals surface area contributed by atoms with Crippen LogP contribution >= 0.6 is 0 Å². The van der Waals surface area contributed by atoms with E-state index in [0.29, 0.717) is 37.8 Å². The third-order valence-electron chi connectivity index (χ3n) is 3.71. The zero-order chi connectivity index (χ0) is 18.2. The van der Waals surface area contributed by atoms with Gasteiger partial charge in [0.2, 0.25) is 5.91 Å². The van der Waals surface area contributed by atoms with Gasteiger partial charge in [0.05, 0.1) is 11.5 Å². The molecule has 1 aromatic carbocycles. The first kappa shape index (κ1) is 20.0. The summed E-state index contributed by atoms with van der Waals surface area (Å²) in [6.07, 6.45) is -2.10. The van der Waals surface area contributed by atoms with Gasteiger partial charge in [-0.15, -0.1) is 0 Å². The van der Waals surface area contributed by atoms with Gasteiger partial charge in [0.1, 0.15) is 0 Å². The second-order valence-electron chi connectivity index (χ2n) is 5.58. The highest BCUT2D eigenvalue weighted by Crippen LogP contribution is 2.31. The van der Waals surface area contributed by atoms with Gasteiger partial charge in [0.25, 0.3) is 0 Å². The molecule has 1 amide bonds. The SMILES string of the molecule is CCC(C(=O)NCCCCCC(=O)O)c1cccc(C(F)(F)F)c1. The summed E-state index contributed by atoms with van der Waals surface area (Å²) in [5, 5.41) is 11.2. The second-order valence-corrected chi connectivity index (χ2v) is 5.58. The lowest BCUT2D eigenvalue weighted by atomic mass is 9.94. The number of amides is 1. The van der Waals surface area contributed by atoms with E-state index in [9.17, 15) is 22.8 Å². The number of aliphatic carboxylic acids is 1. The minimum absolute atomic E-state index is 0.0930. The maximum absolute atomic E-state index is 12.8. The Hall–Kier alpha value is -2.05. The third-order valence-corrected chi connectivity index (χ3v) is 3.71. The lowest BCUT2D eigenvalue weighted by Gasteiger charge is -2.17. The van der Waals surface area contributed by atoms with Crippen molar-refractivity contribution in [1.82, 2.24) is 5.32 Å². The number of carbonyl (C=O) groups is 2. The molecule has 0 heterocycles. The highest BCUT2D eigenvalue weighted by atomic mass is 19.4. The molecule has 0 bridgehead atoms. The summed E-state index contributed by atoms with van der Waals surface area (Å²) in [4.78, 5) is 22.6. The number of benzene rings is 1. The van der Waals surface area contributed by atoms with Gasteiger partial charge in [0, 0.05) is 13.0 Å². The van der Waals surface area contributed by atoms with Gasteiger partial charge in [-0.05, 0) is 30.9 Å². The van der Waals surface area contributed by atoms with Crippen molar-refractivity contribution in [1.29, 1.82) is 0 Å². The highest BCUT2D eigenvalue weighted by molar-refractivity contribution is 5.83. The second kappa shape index (κ2) is 9.30. The van der Waals surface area contributed by atoms with Crippen molar-refractivity contribution in [3.8, 4) is 0 Å². The quantitative estimate of drug-likeness (QED) is 0.666. The van der Waals surface area contributed by atoms with E-state index in [1.54, 1.807) is 6.92 Å². The summed E-state index contributed by atoms with van der Waals surface area (Å²) < 4.78 is 38.3. The van der Waals surface area contributed by atoms with Gasteiger partial charge < -0.3 is 10.4 Å². The van der Waals surface area contributed by atoms with Crippen LogP contribution in [-0.4, -0.2) is 23.5 Å². The number of carboxylic acid groups (broad SMARTS) is 1. The molecular formula is C17H22F3NO3. The molecule has 0 aliphatic carbocycles. The Morgan fingerprint density at radius 2 is 1.92 bits per heavy atom. The first-order chi connectivity index (χ1) is 11.3. The van der Waals surface area contributed by atoms with E-state index in [0.717, 1.165) is 12.1 Å². The minimum atomic E-state index is -4.44. The number of hydrogen-bond acceptors (Lipinski definition) is 2. The molecule has 0 aliphatic rings. The van der Waals surface area contributed by atoms with Gasteiger partial charge in [-0.2, -0.15) is 13.2 Å². The van der Waals surface area contributed by atoms with Crippen LogP contribution in [0.25, 0.3) is 0 Å². The maximum Gasteiger partial charge on any atom is 0.416 e. The average molecular weight is 345 g/mol. The molecule has 0 radical (unpaired) electrons. The summed E-state index contributed by atoms with van der Waals surface area (Å²) in [5.74, 6) is -1.80. The van der Waals surface area contributed by atoms with E-state index in [1.165, 1.54) is 12.1 Å². The van der Waals surface area contributed by atoms with Gasteiger partial charge in [-0.25, -0.2) is 0 Å². The van der Waals surface area contributed by atoms with Gasteiger partial charge in [-0.1, -0.05) is 31.5 Å². The fourth-order valence-corrected chi connectivity index (χ4v) is 2.42. The van der Waals surface area contributed by atoms with Crippen LogP contribution in [0, 0.1) is 0 Å². The van der Waals surface area contributed by atoms with Crippen molar-refractivity contribution in [2.75, 3.05) is 6.54 Å². The van der Waals surface area contributed by atoms with Crippen LogP contribution in [0.5, 0.6) is 0 Å². The van der Waals surface area contributed by atoms with Crippen LogP contribution < -0.4 is 5.32 Å². The maximum atomic E-state index is 12.8. The Labute approximate surface area is 139 Å². The Bertz CT molecular complexity index is 558. The summed E-state index contributed by atoms with van der Waals surface area (Å²) in [6, 6.07) is 4.83. The van der Waals surface area contributed by atoms with Gasteiger partial charge >= 0.3 is 12.1 Å². The lowest BCUT2D eigenvalue weighted by Crippen LogP contribution is -2.30. The van der Waals surface area contributed by atoms with E-state index in [4.69, 9.17) is 5.11 Å². The zero-order valence-corrected chi connectivity index (χ0v) is 13.5. The molecule has 4 nitrogen and oxygen atoms in total. The first-order valence-corrected chi connectivity index (χ1v) is 7.92. The zero-order valence-electron chi connectivity index (χ0n) is 13.5. The largest absolute Gasteiger partial charge is 0.481 e. The normalized spacial score (nSPS) is 12.7. The Balaban J connectivity index is 2.56. The summed E-state index contributed by atoms with van der Waals surface area (Å²) >= 11 is 0. The number of unbranched alkanes of at least 4 members (excludes halogenated alkanes) is 2. The molecule has 0 fully saturated rings. The molecule has 2 N–H and O–H groups in total. The number of carboxylic acids is 1. The van der Waals surface area contributed by atoms with E-state index < -0.39 is 23.6 Å². The fourth-order valence-electron chi connectivity index (χ4n) is 2.42. The number of halogens is 3. The number of nitrogens with one attached hydrogen (secondary N) is 1. The van der Waals surface area contributed by atoms with E-state index in [2.05, 4.69) is 5.32 Å². The third kappa shape index (κ3) is 6.60. The van der Waals surface area contributed by atoms with E-state index in [1.807, 2.05) is 0 Å². The molecule has 1 rings (SSSR count). The lowest BCUT2D eigenvalue weighted by molar-refractivity contribution is -0.138. The highest BCUT2D eigenvalue weighted by Gasteiger charge is 2.31. The Morgan fingerprint density at radius 3 is 2.50 bits per heavy atom. The van der Waals surface area contributed by atoms with Crippen LogP contribution in [0.2, 0.25) is 0 Å². The first-order valence-electron chi connectivity index (χ1n) is 7.92. The van der Waals surface area contributed by atoms with Crippen LogP contribution in [0.3, 0.4) is 0 Å². The van der Waals surface area contributed by atoms with Crippen LogP contribution in [0.15, 0.2) is 24.3 Å². The smallest absolute Gasteiger partial charge is 0.416 e. The molecule has 0 spiro atoms. The van der Waals surface area contributed by atoms with Crippen LogP contribution in [0.4, 0.5) is 13.2 Å². The number of hydrogen-bond donors (Lipinski definition) is 2. The molecule has 0 aromatic heterocycles. The number of alkyl halides is 3. The molecule has 0 saturated heterocycles. The summed E-state index contributed by atoms with van der Waals surface area (Å²) in [5.41, 5.74) is -0.421. The molecule has 1 aromatic rings. The van der Waals surface area contributed by atoms with Crippen molar-refractivity contribution in [2.24, 2.45) is 0 Å². The van der Waals surface area contributed by atoms with E-state index >= 15 is 0 Å². The van der Waals surface area contributed by atoms with Crippen molar-refractivity contribution in [3.05, 3.63) is 35.4 Å². The summed E-state index contributed by atoms with van der Waals surface area (Å²) in [7, 11) is 0. The van der Waals surface area contributed by atoms with Crippen molar-refractivity contribution >= 4 is 11.9 Å². The van der Waals surface area contributed by atoms with Crippen molar-refractivity contribution < 1.29 is 27.9 Å². The fraction of sp³-hybridized carbons (Fsp3) is 0.529. The topological polar surface area (TPSA) is 66.4 Å².